The zero-order valence-corrected chi connectivity index (χ0v) is 21.3. The molecule has 0 bridgehead atoms. The van der Waals surface area contributed by atoms with Gasteiger partial charge in [-0.05, 0) is 48.4 Å². The molecule has 2 aromatic heterocycles. The maximum atomic E-state index is 11.5. The molecular weight excluding hydrogens is 462 g/mol. The fraction of sp³-hybridized carbons (Fsp3) is 0.481. The van der Waals surface area contributed by atoms with E-state index in [-0.39, 0.29) is 5.41 Å². The van der Waals surface area contributed by atoms with E-state index in [1.807, 2.05) is 18.3 Å². The summed E-state index contributed by atoms with van der Waals surface area (Å²) >= 11 is 6.34. The number of fused-ring (bicyclic) bond motifs is 1. The summed E-state index contributed by atoms with van der Waals surface area (Å²) in [4.78, 5) is 9.29. The summed E-state index contributed by atoms with van der Waals surface area (Å²) in [6, 6.07) is 7.93. The Morgan fingerprint density at radius 2 is 1.91 bits per heavy atom. The first-order chi connectivity index (χ1) is 16.8. The Kier molecular flexibility index (Phi) is 6.75. The van der Waals surface area contributed by atoms with Gasteiger partial charge in [-0.15, -0.1) is 0 Å². The number of nitrogens with zero attached hydrogens (tertiary/aromatic N) is 4. The van der Waals surface area contributed by atoms with Gasteiger partial charge in [0, 0.05) is 59.6 Å². The number of rotatable bonds is 6. The normalized spacial score (nSPS) is 18.7. The van der Waals surface area contributed by atoms with Gasteiger partial charge in [0.1, 0.15) is 5.82 Å². The predicted octanol–water partition coefficient (Wildman–Crippen LogP) is 4.89. The zero-order chi connectivity index (χ0) is 24.6. The molecule has 2 aliphatic rings. The highest BCUT2D eigenvalue weighted by Gasteiger charge is 2.40. The van der Waals surface area contributed by atoms with E-state index in [2.05, 4.69) is 57.5 Å². The molecule has 0 amide bonds. The van der Waals surface area contributed by atoms with E-state index in [9.17, 15) is 5.11 Å². The molecule has 2 saturated heterocycles. The molecule has 7 nitrogen and oxygen atoms in total. The molecule has 0 unspecified atom stereocenters. The van der Waals surface area contributed by atoms with Gasteiger partial charge in [-0.1, -0.05) is 32.0 Å². The van der Waals surface area contributed by atoms with Gasteiger partial charge in [0.15, 0.2) is 0 Å². The summed E-state index contributed by atoms with van der Waals surface area (Å²) in [6.07, 6.45) is 4.99. The van der Waals surface area contributed by atoms with Crippen molar-refractivity contribution in [1.29, 1.82) is 0 Å². The number of aromatic nitrogens is 3. The van der Waals surface area contributed by atoms with E-state index in [1.54, 1.807) is 6.20 Å². The molecule has 1 aromatic carbocycles. The Morgan fingerprint density at radius 3 is 2.60 bits per heavy atom. The minimum Gasteiger partial charge on any atom is -0.388 e. The highest BCUT2D eigenvalue weighted by molar-refractivity contribution is 6.31. The Labute approximate surface area is 211 Å². The van der Waals surface area contributed by atoms with Gasteiger partial charge in [0.25, 0.3) is 0 Å². The van der Waals surface area contributed by atoms with Crippen LogP contribution in [0.5, 0.6) is 0 Å². The van der Waals surface area contributed by atoms with Crippen LogP contribution in [0.4, 0.5) is 5.82 Å². The summed E-state index contributed by atoms with van der Waals surface area (Å²) < 4.78 is 5.44. The highest BCUT2D eigenvalue weighted by Crippen LogP contribution is 2.46. The molecule has 0 aliphatic carbocycles. The van der Waals surface area contributed by atoms with Gasteiger partial charge >= 0.3 is 0 Å². The summed E-state index contributed by atoms with van der Waals surface area (Å²) in [6.45, 7) is 13.8. The topological polar surface area (TPSA) is 77.5 Å². The molecule has 2 N–H and O–H groups in total. The molecule has 5 rings (SSSR count). The monoisotopic (exact) mass is 495 g/mol. The lowest BCUT2D eigenvalue weighted by atomic mass is 9.68. The van der Waals surface area contributed by atoms with Crippen molar-refractivity contribution in [2.24, 2.45) is 11.3 Å². The van der Waals surface area contributed by atoms with Crippen molar-refractivity contribution < 1.29 is 9.84 Å². The van der Waals surface area contributed by atoms with E-state index in [4.69, 9.17) is 16.3 Å². The lowest BCUT2D eigenvalue weighted by Crippen LogP contribution is -2.40. The van der Waals surface area contributed by atoms with Crippen LogP contribution in [0.25, 0.3) is 16.6 Å². The molecule has 4 heterocycles. The molecule has 1 atom stereocenters. The van der Waals surface area contributed by atoms with Crippen molar-refractivity contribution in [2.75, 3.05) is 44.3 Å². The molecule has 35 heavy (non-hydrogen) atoms. The van der Waals surface area contributed by atoms with Gasteiger partial charge in [-0.2, -0.15) is 5.10 Å². The number of H-pyrrole nitrogens is 1. The van der Waals surface area contributed by atoms with Gasteiger partial charge in [0.2, 0.25) is 0 Å². The second kappa shape index (κ2) is 9.80. The molecule has 0 spiro atoms. The first-order valence-corrected chi connectivity index (χ1v) is 12.8. The molecule has 3 aromatic rings. The van der Waals surface area contributed by atoms with Crippen LogP contribution in [0.2, 0.25) is 5.02 Å². The number of ether oxygens (including phenoxy) is 1. The number of anilines is 1. The van der Waals surface area contributed by atoms with Crippen molar-refractivity contribution in [1.82, 2.24) is 20.1 Å². The lowest BCUT2D eigenvalue weighted by molar-refractivity contribution is -0.0130. The largest absolute Gasteiger partial charge is 0.388 e. The number of pyridine rings is 1. The number of hydrogen-bond acceptors (Lipinski definition) is 6. The Morgan fingerprint density at radius 1 is 1.17 bits per heavy atom. The van der Waals surface area contributed by atoms with Crippen molar-refractivity contribution in [3.05, 3.63) is 59.4 Å². The van der Waals surface area contributed by atoms with E-state index >= 15 is 0 Å². The van der Waals surface area contributed by atoms with Crippen LogP contribution in [-0.2, 0) is 4.74 Å². The third kappa shape index (κ3) is 4.77. The van der Waals surface area contributed by atoms with Crippen molar-refractivity contribution >= 4 is 34.0 Å². The van der Waals surface area contributed by atoms with Crippen LogP contribution in [0, 0.1) is 11.3 Å². The first-order valence-electron chi connectivity index (χ1n) is 12.4. The standard InChI is InChI=1S/C27H34ClN5O2/c1-18(19-4-5-24(29-16-19)33-10-12-35-13-11-33)32-8-6-21(7-9-32)27(2,3)26(34)23-15-22(28)14-20-17-30-31-25(20)23/h4-5,14-17,21,26,34H,1,6-13H2,2-3H3,(H,30,31)/t26-/m1/s1. The molecule has 186 valence electrons. The quantitative estimate of drug-likeness (QED) is 0.507. The van der Waals surface area contributed by atoms with E-state index in [0.29, 0.717) is 10.9 Å². The average Bonchev–Trinajstić information content (AvgIpc) is 3.36. The first kappa shape index (κ1) is 24.1. The minimum absolute atomic E-state index is 0.322. The van der Waals surface area contributed by atoms with Crippen LogP contribution in [0.1, 0.15) is 43.9 Å². The fourth-order valence-corrected chi connectivity index (χ4v) is 5.73. The molecule has 2 aliphatic heterocycles. The number of likely N-dealkylation sites (tertiary alicyclic amines) is 1. The van der Waals surface area contributed by atoms with Gasteiger partial charge < -0.3 is 19.6 Å². The zero-order valence-electron chi connectivity index (χ0n) is 20.5. The number of benzene rings is 1. The van der Waals surface area contributed by atoms with Crippen LogP contribution in [0.15, 0.2) is 43.2 Å². The Bertz CT molecular complexity index is 1180. The maximum absolute atomic E-state index is 11.5. The van der Waals surface area contributed by atoms with Gasteiger partial charge in [-0.25, -0.2) is 4.98 Å². The molecule has 0 saturated carbocycles. The van der Waals surface area contributed by atoms with Crippen LogP contribution in [0.3, 0.4) is 0 Å². The predicted molar refractivity (Wildman–Crippen MR) is 140 cm³/mol. The minimum atomic E-state index is -0.652. The van der Waals surface area contributed by atoms with E-state index < -0.39 is 6.10 Å². The van der Waals surface area contributed by atoms with Crippen LogP contribution < -0.4 is 4.90 Å². The number of morpholine rings is 1. The van der Waals surface area contributed by atoms with E-state index in [1.165, 1.54) is 0 Å². The Balaban J connectivity index is 1.23. The smallest absolute Gasteiger partial charge is 0.128 e. The highest BCUT2D eigenvalue weighted by atomic mass is 35.5. The number of aromatic amines is 1. The number of piperidine rings is 1. The third-order valence-electron chi connectivity index (χ3n) is 7.89. The SMILES string of the molecule is C=C(c1ccc(N2CCOCC2)nc1)N1CCC(C(C)(C)[C@H](O)c2cc(Cl)cc3cn[nH]c23)CC1. The van der Waals surface area contributed by atoms with Gasteiger partial charge in [-0.3, -0.25) is 5.10 Å². The van der Waals surface area contributed by atoms with Crippen LogP contribution >= 0.6 is 11.6 Å². The number of aliphatic hydroxyl groups is 1. The average molecular weight is 496 g/mol. The number of nitrogens with one attached hydrogen (secondary N) is 1. The van der Waals surface area contributed by atoms with Crippen molar-refractivity contribution in [3.8, 4) is 0 Å². The Hall–Kier alpha value is -2.61. The van der Waals surface area contributed by atoms with E-state index in [0.717, 1.165) is 85.8 Å². The summed E-state index contributed by atoms with van der Waals surface area (Å²) in [7, 11) is 0. The lowest BCUT2D eigenvalue weighted by Gasteiger charge is -2.44. The fourth-order valence-electron chi connectivity index (χ4n) is 5.50. The summed E-state index contributed by atoms with van der Waals surface area (Å²) in [5.41, 5.74) is 3.41. The number of aliphatic hydroxyl groups excluding tert-OH is 1. The number of hydrogen-bond donors (Lipinski definition) is 2. The second-order valence-corrected chi connectivity index (χ2v) is 10.7. The maximum Gasteiger partial charge on any atom is 0.128 e. The van der Waals surface area contributed by atoms with Crippen molar-refractivity contribution in [2.45, 2.75) is 32.8 Å². The summed E-state index contributed by atoms with van der Waals surface area (Å²) in [5.74, 6) is 1.35. The van der Waals surface area contributed by atoms with Gasteiger partial charge in [0.05, 0.1) is 31.0 Å². The molecule has 2 fully saturated rings. The molecule has 8 heteroatoms. The third-order valence-corrected chi connectivity index (χ3v) is 8.11. The second-order valence-electron chi connectivity index (χ2n) is 10.3. The number of halogens is 1. The molecule has 0 radical (unpaired) electrons. The van der Waals surface area contributed by atoms with Crippen molar-refractivity contribution in [3.63, 3.8) is 0 Å². The van der Waals surface area contributed by atoms with Crippen LogP contribution in [-0.4, -0.2) is 64.6 Å². The summed E-state index contributed by atoms with van der Waals surface area (Å²) in [5, 5.41) is 20.2. The molecular formula is C27H34ClN5O2.